The van der Waals surface area contributed by atoms with Gasteiger partial charge in [0, 0.05) is 17.0 Å². The Morgan fingerprint density at radius 2 is 2.00 bits per heavy atom. The lowest BCUT2D eigenvalue weighted by Gasteiger charge is -2.10. The Morgan fingerprint density at radius 1 is 1.20 bits per heavy atom. The number of hydrogen-bond acceptors (Lipinski definition) is 5. The zero-order valence-corrected chi connectivity index (χ0v) is 13.8. The maximum Gasteiger partial charge on any atom is 0.338 e. The third kappa shape index (κ3) is 3.29. The first-order valence-corrected chi connectivity index (χ1v) is 7.70. The Labute approximate surface area is 144 Å². The average Bonchev–Trinajstić information content (AvgIpc) is 2.62. The van der Waals surface area contributed by atoms with E-state index in [0.29, 0.717) is 22.3 Å². The summed E-state index contributed by atoms with van der Waals surface area (Å²) in [6, 6.07) is 13.4. The van der Waals surface area contributed by atoms with Gasteiger partial charge in [-0.05, 0) is 43.2 Å². The first-order valence-electron chi connectivity index (χ1n) is 7.70. The van der Waals surface area contributed by atoms with Crippen molar-refractivity contribution in [2.45, 2.75) is 20.5 Å². The number of rotatable bonds is 3. The smallest absolute Gasteiger partial charge is 0.338 e. The van der Waals surface area contributed by atoms with Crippen molar-refractivity contribution in [3.8, 4) is 6.07 Å². The predicted molar refractivity (Wildman–Crippen MR) is 92.2 cm³/mol. The van der Waals surface area contributed by atoms with Gasteiger partial charge in [-0.25, -0.2) is 9.59 Å². The topological polar surface area (TPSA) is 80.3 Å². The van der Waals surface area contributed by atoms with Crippen LogP contribution in [0.1, 0.15) is 32.6 Å². The van der Waals surface area contributed by atoms with Gasteiger partial charge in [-0.3, -0.25) is 0 Å². The van der Waals surface area contributed by atoms with Gasteiger partial charge in [0.1, 0.15) is 12.2 Å². The Morgan fingerprint density at radius 3 is 2.76 bits per heavy atom. The van der Waals surface area contributed by atoms with E-state index in [1.165, 1.54) is 12.1 Å². The van der Waals surface area contributed by atoms with Crippen LogP contribution >= 0.6 is 0 Å². The third-order valence-corrected chi connectivity index (χ3v) is 4.10. The number of carbonyl (C=O) groups is 1. The molecule has 25 heavy (non-hydrogen) atoms. The van der Waals surface area contributed by atoms with Crippen LogP contribution in [-0.4, -0.2) is 5.97 Å². The van der Waals surface area contributed by atoms with Gasteiger partial charge in [-0.1, -0.05) is 18.2 Å². The Kier molecular flexibility index (Phi) is 4.36. The number of fused-ring (bicyclic) bond motifs is 1. The highest BCUT2D eigenvalue weighted by Crippen LogP contribution is 2.24. The van der Waals surface area contributed by atoms with Crippen LogP contribution in [-0.2, 0) is 11.3 Å². The average molecular weight is 333 g/mol. The van der Waals surface area contributed by atoms with Crippen LogP contribution in [0.15, 0.2) is 51.7 Å². The van der Waals surface area contributed by atoms with E-state index in [0.717, 1.165) is 16.5 Å². The molecule has 0 atom stereocenters. The monoisotopic (exact) mass is 333 g/mol. The molecule has 0 aliphatic carbocycles. The van der Waals surface area contributed by atoms with Gasteiger partial charge < -0.3 is 9.15 Å². The summed E-state index contributed by atoms with van der Waals surface area (Å²) in [6.07, 6.45) is 0. The molecule has 1 aromatic heterocycles. The van der Waals surface area contributed by atoms with Gasteiger partial charge >= 0.3 is 11.6 Å². The minimum Gasteiger partial charge on any atom is -0.457 e. The van der Waals surface area contributed by atoms with Crippen molar-refractivity contribution in [2.75, 3.05) is 0 Å². The Balaban J connectivity index is 1.91. The van der Waals surface area contributed by atoms with Crippen LogP contribution in [0, 0.1) is 25.2 Å². The van der Waals surface area contributed by atoms with E-state index < -0.39 is 11.6 Å². The zero-order chi connectivity index (χ0) is 18.0. The van der Waals surface area contributed by atoms with Crippen molar-refractivity contribution in [3.05, 3.63) is 80.7 Å². The summed E-state index contributed by atoms with van der Waals surface area (Å²) in [7, 11) is 0. The van der Waals surface area contributed by atoms with Gasteiger partial charge in [-0.2, -0.15) is 5.26 Å². The van der Waals surface area contributed by atoms with Crippen LogP contribution in [0.5, 0.6) is 0 Å². The normalized spacial score (nSPS) is 10.4. The molecule has 1 heterocycles. The van der Waals surface area contributed by atoms with Crippen molar-refractivity contribution in [1.82, 2.24) is 0 Å². The second-order valence-electron chi connectivity index (χ2n) is 5.74. The molecular weight excluding hydrogens is 318 g/mol. The van der Waals surface area contributed by atoms with Crippen molar-refractivity contribution in [3.63, 3.8) is 0 Å². The van der Waals surface area contributed by atoms with E-state index in [-0.39, 0.29) is 6.61 Å². The predicted octanol–water partition coefficient (Wildman–Crippen LogP) is 3.64. The number of carbonyl (C=O) groups excluding carboxylic acids is 1. The van der Waals surface area contributed by atoms with Crippen molar-refractivity contribution < 1.29 is 13.9 Å². The molecule has 2 aromatic carbocycles. The molecule has 124 valence electrons. The summed E-state index contributed by atoms with van der Waals surface area (Å²) in [5.41, 5.74) is 3.16. The molecule has 0 saturated carbocycles. The fourth-order valence-corrected chi connectivity index (χ4v) is 2.59. The summed E-state index contributed by atoms with van der Waals surface area (Å²) in [6.45, 7) is 3.76. The number of esters is 1. The van der Waals surface area contributed by atoms with Crippen LogP contribution in [0.3, 0.4) is 0 Å². The third-order valence-electron chi connectivity index (χ3n) is 4.10. The summed E-state index contributed by atoms with van der Waals surface area (Å²) in [4.78, 5) is 24.0. The maximum absolute atomic E-state index is 12.2. The lowest BCUT2D eigenvalue weighted by molar-refractivity contribution is 0.0474. The minimum atomic E-state index is -0.553. The first kappa shape index (κ1) is 16.5. The molecule has 0 saturated heterocycles. The first-order chi connectivity index (χ1) is 12.0. The highest BCUT2D eigenvalue weighted by molar-refractivity contribution is 5.90. The molecule has 0 bridgehead atoms. The number of benzene rings is 2. The van der Waals surface area contributed by atoms with Crippen molar-refractivity contribution in [1.29, 1.82) is 5.26 Å². The highest BCUT2D eigenvalue weighted by Gasteiger charge is 2.13. The van der Waals surface area contributed by atoms with Crippen LogP contribution in [0.25, 0.3) is 11.0 Å². The highest BCUT2D eigenvalue weighted by atomic mass is 16.5. The summed E-state index contributed by atoms with van der Waals surface area (Å²) >= 11 is 0. The lowest BCUT2D eigenvalue weighted by atomic mass is 10.0. The second-order valence-corrected chi connectivity index (χ2v) is 5.74. The molecule has 0 aliphatic heterocycles. The number of nitriles is 1. The zero-order valence-electron chi connectivity index (χ0n) is 13.8. The summed E-state index contributed by atoms with van der Waals surface area (Å²) in [5, 5.41) is 9.64. The van der Waals surface area contributed by atoms with E-state index in [1.54, 1.807) is 18.2 Å². The largest absolute Gasteiger partial charge is 0.457 e. The van der Waals surface area contributed by atoms with Crippen molar-refractivity contribution >= 4 is 16.9 Å². The summed E-state index contributed by atoms with van der Waals surface area (Å²) < 4.78 is 10.6. The van der Waals surface area contributed by atoms with Gasteiger partial charge in [0.25, 0.3) is 0 Å². The molecule has 0 aliphatic rings. The van der Waals surface area contributed by atoms with E-state index in [4.69, 9.17) is 14.4 Å². The standard InChI is InChI=1S/C20H15NO4/c1-12-6-7-17-16(9-18(22)25-19(17)13(12)2)11-24-20(23)15-5-3-4-14(8-15)10-21/h3-9H,11H2,1-2H3. The molecular formula is C20H15NO4. The van der Waals surface area contributed by atoms with Crippen LogP contribution < -0.4 is 5.63 Å². The lowest BCUT2D eigenvalue weighted by Crippen LogP contribution is -2.08. The number of aryl methyl sites for hydroxylation is 2. The van der Waals surface area contributed by atoms with E-state index in [1.807, 2.05) is 32.0 Å². The molecule has 0 amide bonds. The van der Waals surface area contributed by atoms with Gasteiger partial charge in [0.05, 0.1) is 17.2 Å². The van der Waals surface area contributed by atoms with Crippen LogP contribution in [0.2, 0.25) is 0 Å². The fraction of sp³-hybridized carbons (Fsp3) is 0.150. The van der Waals surface area contributed by atoms with E-state index >= 15 is 0 Å². The van der Waals surface area contributed by atoms with Gasteiger partial charge in [-0.15, -0.1) is 0 Å². The van der Waals surface area contributed by atoms with Crippen LogP contribution in [0.4, 0.5) is 0 Å². The van der Waals surface area contributed by atoms with Gasteiger partial charge in [0.15, 0.2) is 0 Å². The fourth-order valence-electron chi connectivity index (χ4n) is 2.59. The molecule has 5 nitrogen and oxygen atoms in total. The SMILES string of the molecule is Cc1ccc2c(COC(=O)c3cccc(C#N)c3)cc(=O)oc2c1C. The number of hydrogen-bond donors (Lipinski definition) is 0. The van der Waals surface area contributed by atoms with Crippen molar-refractivity contribution in [2.24, 2.45) is 0 Å². The summed E-state index contributed by atoms with van der Waals surface area (Å²) in [5.74, 6) is -0.553. The van der Waals surface area contributed by atoms with E-state index in [2.05, 4.69) is 0 Å². The molecule has 0 spiro atoms. The molecule has 0 fully saturated rings. The molecule has 0 N–H and O–H groups in total. The molecule has 0 radical (unpaired) electrons. The molecule has 3 rings (SSSR count). The quantitative estimate of drug-likeness (QED) is 0.540. The van der Waals surface area contributed by atoms with Gasteiger partial charge in [0.2, 0.25) is 0 Å². The maximum atomic E-state index is 12.2. The molecule has 0 unspecified atom stereocenters. The van der Waals surface area contributed by atoms with E-state index in [9.17, 15) is 9.59 Å². The molecule has 3 aromatic rings. The molecule has 5 heteroatoms. The number of nitrogens with zero attached hydrogens (tertiary/aromatic N) is 1. The minimum absolute atomic E-state index is 0.0553. The second kappa shape index (κ2) is 6.62. The number of ether oxygens (including phenoxy) is 1. The Bertz CT molecular complexity index is 1070. The Hall–Kier alpha value is -3.39.